The first kappa shape index (κ1) is 21.3. The van der Waals surface area contributed by atoms with Gasteiger partial charge >= 0.3 is 6.03 Å². The molecule has 9 nitrogen and oxygen atoms in total. The van der Waals surface area contributed by atoms with Gasteiger partial charge in [-0.25, -0.2) is 4.79 Å². The second-order valence-corrected chi connectivity index (χ2v) is 6.66. The third-order valence-corrected chi connectivity index (χ3v) is 4.25. The van der Waals surface area contributed by atoms with Gasteiger partial charge in [0.25, 0.3) is 0 Å². The van der Waals surface area contributed by atoms with Gasteiger partial charge in [0.05, 0.1) is 13.0 Å². The average Bonchev–Trinajstić information content (AvgIpc) is 3.15. The zero-order valence-electron chi connectivity index (χ0n) is 16.3. The maximum atomic E-state index is 12.1. The fourth-order valence-electron chi connectivity index (χ4n) is 2.73. The highest BCUT2D eigenvalue weighted by atomic mass is 16.2. The third kappa shape index (κ3) is 7.73. The van der Waals surface area contributed by atoms with E-state index in [-0.39, 0.29) is 18.3 Å². The molecule has 0 fully saturated rings. The SMILES string of the molecule is CCCCCCNC(=O)N[C@H](CC(N)=O)c1nnn(CCc2ccccc2)n1. The van der Waals surface area contributed by atoms with Crippen molar-refractivity contribution in [3.05, 3.63) is 41.7 Å². The summed E-state index contributed by atoms with van der Waals surface area (Å²) in [6.45, 7) is 3.25. The standard InChI is InChI=1S/C19H29N7O2/c1-2-3-4-8-12-21-19(28)22-16(14-17(20)27)18-23-25-26(24-18)13-11-15-9-6-5-7-10-15/h5-7,9-10,16H,2-4,8,11-14H2,1H3,(H2,20,27)(H2,21,22,28)/t16-/m1/s1. The number of primary amides is 1. The Bertz CT molecular complexity index is 733. The van der Waals surface area contributed by atoms with Crippen molar-refractivity contribution < 1.29 is 9.59 Å². The van der Waals surface area contributed by atoms with Crippen LogP contribution in [0.3, 0.4) is 0 Å². The molecule has 28 heavy (non-hydrogen) atoms. The molecule has 0 aliphatic rings. The number of tetrazole rings is 1. The number of carbonyl (C=O) groups is 2. The van der Waals surface area contributed by atoms with Gasteiger partial charge in [0.1, 0.15) is 6.04 Å². The summed E-state index contributed by atoms with van der Waals surface area (Å²) in [6.07, 6.45) is 4.92. The van der Waals surface area contributed by atoms with Crippen LogP contribution in [-0.2, 0) is 17.8 Å². The molecule has 1 aromatic carbocycles. The zero-order valence-corrected chi connectivity index (χ0v) is 16.3. The van der Waals surface area contributed by atoms with Crippen LogP contribution >= 0.6 is 0 Å². The molecule has 2 aromatic rings. The second kappa shape index (κ2) is 11.7. The van der Waals surface area contributed by atoms with Crippen LogP contribution in [0.4, 0.5) is 4.79 Å². The van der Waals surface area contributed by atoms with E-state index >= 15 is 0 Å². The van der Waals surface area contributed by atoms with E-state index in [2.05, 4.69) is 33.0 Å². The predicted octanol–water partition coefficient (Wildman–Crippen LogP) is 1.71. The van der Waals surface area contributed by atoms with Gasteiger partial charge in [0.15, 0.2) is 5.82 Å². The molecule has 4 N–H and O–H groups in total. The minimum atomic E-state index is -0.710. The maximum Gasteiger partial charge on any atom is 0.315 e. The number of aromatic nitrogens is 4. The van der Waals surface area contributed by atoms with Crippen molar-refractivity contribution in [1.29, 1.82) is 0 Å². The fraction of sp³-hybridized carbons (Fsp3) is 0.526. The van der Waals surface area contributed by atoms with Gasteiger partial charge in [-0.2, -0.15) is 4.80 Å². The molecule has 9 heteroatoms. The van der Waals surface area contributed by atoms with E-state index in [1.54, 1.807) is 0 Å². The number of nitrogens with one attached hydrogen (secondary N) is 2. The van der Waals surface area contributed by atoms with Gasteiger partial charge in [-0.1, -0.05) is 56.5 Å². The molecule has 1 atom stereocenters. The van der Waals surface area contributed by atoms with Crippen molar-refractivity contribution in [3.63, 3.8) is 0 Å². The largest absolute Gasteiger partial charge is 0.370 e. The van der Waals surface area contributed by atoms with Crippen LogP contribution in [0.25, 0.3) is 0 Å². The number of aryl methyl sites for hydroxylation is 2. The minimum absolute atomic E-state index is 0.0896. The Morgan fingerprint density at radius 3 is 2.68 bits per heavy atom. The summed E-state index contributed by atoms with van der Waals surface area (Å²) in [4.78, 5) is 24.9. The lowest BCUT2D eigenvalue weighted by atomic mass is 10.2. The van der Waals surface area contributed by atoms with Crippen LogP contribution in [0.2, 0.25) is 0 Å². The van der Waals surface area contributed by atoms with Crippen molar-refractivity contribution in [3.8, 4) is 0 Å². The van der Waals surface area contributed by atoms with E-state index in [1.165, 1.54) is 4.80 Å². The van der Waals surface area contributed by atoms with Crippen molar-refractivity contribution in [2.75, 3.05) is 6.54 Å². The number of hydrogen-bond donors (Lipinski definition) is 3. The number of hydrogen-bond acceptors (Lipinski definition) is 5. The highest BCUT2D eigenvalue weighted by Gasteiger charge is 2.22. The Hall–Kier alpha value is -2.97. The van der Waals surface area contributed by atoms with E-state index < -0.39 is 11.9 Å². The van der Waals surface area contributed by atoms with Crippen molar-refractivity contribution in [2.24, 2.45) is 5.73 Å². The summed E-state index contributed by atoms with van der Waals surface area (Å²) >= 11 is 0. The van der Waals surface area contributed by atoms with Crippen LogP contribution in [0.15, 0.2) is 30.3 Å². The van der Waals surface area contributed by atoms with E-state index in [0.29, 0.717) is 13.1 Å². The Kier molecular flexibility index (Phi) is 8.90. The Labute approximate surface area is 165 Å². The molecule has 0 spiro atoms. The van der Waals surface area contributed by atoms with Crippen LogP contribution in [-0.4, -0.2) is 38.7 Å². The molecule has 1 heterocycles. The fourth-order valence-corrected chi connectivity index (χ4v) is 2.73. The third-order valence-electron chi connectivity index (χ3n) is 4.25. The first-order valence-corrected chi connectivity index (χ1v) is 9.72. The number of urea groups is 1. The molecule has 0 radical (unpaired) electrons. The van der Waals surface area contributed by atoms with Crippen LogP contribution in [0.1, 0.15) is 56.5 Å². The van der Waals surface area contributed by atoms with Crippen molar-refractivity contribution in [2.45, 2.75) is 58.0 Å². The van der Waals surface area contributed by atoms with Gasteiger partial charge in [-0.05, 0) is 23.6 Å². The molecular formula is C19H29N7O2. The first-order chi connectivity index (χ1) is 13.6. The van der Waals surface area contributed by atoms with E-state index in [9.17, 15) is 9.59 Å². The van der Waals surface area contributed by atoms with Crippen molar-refractivity contribution in [1.82, 2.24) is 30.8 Å². The van der Waals surface area contributed by atoms with Crippen molar-refractivity contribution >= 4 is 11.9 Å². The van der Waals surface area contributed by atoms with Crippen LogP contribution in [0.5, 0.6) is 0 Å². The lowest BCUT2D eigenvalue weighted by Crippen LogP contribution is -2.40. The highest BCUT2D eigenvalue weighted by molar-refractivity contribution is 5.77. The number of benzene rings is 1. The molecule has 152 valence electrons. The first-order valence-electron chi connectivity index (χ1n) is 9.72. The molecule has 3 amide bonds. The summed E-state index contributed by atoms with van der Waals surface area (Å²) in [7, 11) is 0. The number of rotatable bonds is 12. The quantitative estimate of drug-likeness (QED) is 0.478. The molecule has 0 bridgehead atoms. The highest BCUT2D eigenvalue weighted by Crippen LogP contribution is 2.11. The lowest BCUT2D eigenvalue weighted by molar-refractivity contribution is -0.118. The minimum Gasteiger partial charge on any atom is -0.370 e. The number of nitrogens with zero attached hydrogens (tertiary/aromatic N) is 4. The molecule has 0 saturated heterocycles. The molecule has 0 aliphatic carbocycles. The number of nitrogens with two attached hydrogens (primary N) is 1. The molecular weight excluding hydrogens is 358 g/mol. The van der Waals surface area contributed by atoms with Gasteiger partial charge in [-0.15, -0.1) is 10.2 Å². The summed E-state index contributed by atoms with van der Waals surface area (Å²) in [6, 6.07) is 8.89. The topological polar surface area (TPSA) is 128 Å². The smallest absolute Gasteiger partial charge is 0.315 e. The summed E-state index contributed by atoms with van der Waals surface area (Å²) in [5.41, 5.74) is 6.47. The molecule has 2 rings (SSSR count). The Morgan fingerprint density at radius 1 is 1.18 bits per heavy atom. The van der Waals surface area contributed by atoms with Gasteiger partial charge < -0.3 is 16.4 Å². The second-order valence-electron chi connectivity index (χ2n) is 6.66. The van der Waals surface area contributed by atoms with Gasteiger partial charge in [0.2, 0.25) is 5.91 Å². The average molecular weight is 387 g/mol. The maximum absolute atomic E-state index is 12.1. The Morgan fingerprint density at radius 2 is 1.96 bits per heavy atom. The summed E-state index contributed by atoms with van der Waals surface area (Å²) in [5.74, 6) is -0.276. The van der Waals surface area contributed by atoms with E-state index in [4.69, 9.17) is 5.73 Å². The molecule has 0 unspecified atom stereocenters. The van der Waals surface area contributed by atoms with Crippen LogP contribution < -0.4 is 16.4 Å². The monoisotopic (exact) mass is 387 g/mol. The molecule has 0 saturated carbocycles. The number of unbranched alkanes of at least 4 members (excludes halogenated alkanes) is 3. The Balaban J connectivity index is 1.88. The van der Waals surface area contributed by atoms with E-state index in [0.717, 1.165) is 37.7 Å². The summed E-state index contributed by atoms with van der Waals surface area (Å²) < 4.78 is 0. The zero-order chi connectivity index (χ0) is 20.2. The number of carbonyl (C=O) groups excluding carboxylic acids is 2. The normalized spacial score (nSPS) is 11.8. The van der Waals surface area contributed by atoms with Crippen LogP contribution in [0, 0.1) is 0 Å². The van der Waals surface area contributed by atoms with E-state index in [1.807, 2.05) is 30.3 Å². The predicted molar refractivity (Wildman–Crippen MR) is 105 cm³/mol. The summed E-state index contributed by atoms with van der Waals surface area (Å²) in [5, 5.41) is 17.8. The van der Waals surface area contributed by atoms with Gasteiger partial charge in [0, 0.05) is 6.54 Å². The van der Waals surface area contributed by atoms with Gasteiger partial charge in [-0.3, -0.25) is 4.79 Å². The number of amides is 3. The molecule has 0 aliphatic heterocycles. The molecule has 1 aromatic heterocycles. The lowest BCUT2D eigenvalue weighted by Gasteiger charge is -2.14.